The Bertz CT molecular complexity index is 1110. The zero-order valence-electron chi connectivity index (χ0n) is 18.1. The minimum Gasteiger partial charge on any atom is -0.504 e. The third-order valence-electron chi connectivity index (χ3n) is 4.65. The Balaban J connectivity index is 1.90. The molecule has 0 bridgehead atoms. The van der Waals surface area contributed by atoms with Crippen LogP contribution in [0.15, 0.2) is 59.0 Å². The number of rotatable bonds is 7. The van der Waals surface area contributed by atoms with Gasteiger partial charge in [0, 0.05) is 12.6 Å². The number of nitrogens with zero attached hydrogens (tertiary/aromatic N) is 2. The van der Waals surface area contributed by atoms with Crippen LogP contribution in [0.3, 0.4) is 0 Å². The van der Waals surface area contributed by atoms with Crippen molar-refractivity contribution in [3.05, 3.63) is 70.6 Å². The van der Waals surface area contributed by atoms with E-state index in [0.29, 0.717) is 45.7 Å². The molecule has 0 atom stereocenters. The summed E-state index contributed by atoms with van der Waals surface area (Å²) in [7, 11) is 2.98. The SMILES string of the molecule is C=CCc1cc(C=C2SC(=Nc3ccc(C(=O)OC)cc3)N(C)C2=O)cc(OCC)c1O. The summed E-state index contributed by atoms with van der Waals surface area (Å²) >= 11 is 1.25. The van der Waals surface area contributed by atoms with E-state index in [1.807, 2.05) is 6.92 Å². The lowest BCUT2D eigenvalue weighted by atomic mass is 10.1. The molecule has 1 saturated heterocycles. The van der Waals surface area contributed by atoms with E-state index in [1.54, 1.807) is 55.6 Å². The number of carbonyl (C=O) groups excluding carboxylic acids is 2. The van der Waals surface area contributed by atoms with Gasteiger partial charge in [-0.2, -0.15) is 0 Å². The van der Waals surface area contributed by atoms with Crippen molar-refractivity contribution in [1.82, 2.24) is 4.90 Å². The molecule has 8 heteroatoms. The van der Waals surface area contributed by atoms with E-state index < -0.39 is 5.97 Å². The van der Waals surface area contributed by atoms with Gasteiger partial charge in [-0.05, 0) is 73.1 Å². The van der Waals surface area contributed by atoms with Crippen molar-refractivity contribution in [1.29, 1.82) is 0 Å². The number of hydrogen-bond acceptors (Lipinski definition) is 7. The maximum atomic E-state index is 12.8. The van der Waals surface area contributed by atoms with Gasteiger partial charge in [0.1, 0.15) is 0 Å². The van der Waals surface area contributed by atoms with E-state index in [2.05, 4.69) is 11.6 Å². The van der Waals surface area contributed by atoms with Crippen LogP contribution in [0.4, 0.5) is 5.69 Å². The highest BCUT2D eigenvalue weighted by atomic mass is 32.2. The molecule has 0 saturated carbocycles. The van der Waals surface area contributed by atoms with Crippen molar-refractivity contribution in [2.75, 3.05) is 20.8 Å². The summed E-state index contributed by atoms with van der Waals surface area (Å²) in [6.45, 7) is 5.97. The van der Waals surface area contributed by atoms with Crippen molar-refractivity contribution in [3.8, 4) is 11.5 Å². The molecule has 1 N–H and O–H groups in total. The monoisotopic (exact) mass is 452 g/mol. The summed E-state index contributed by atoms with van der Waals surface area (Å²) in [6, 6.07) is 10.1. The molecule has 3 rings (SSSR count). The fourth-order valence-electron chi connectivity index (χ4n) is 3.05. The van der Waals surface area contributed by atoms with Gasteiger partial charge < -0.3 is 14.6 Å². The topological polar surface area (TPSA) is 88.4 Å². The summed E-state index contributed by atoms with van der Waals surface area (Å²) in [6.07, 6.45) is 3.92. The van der Waals surface area contributed by atoms with Crippen molar-refractivity contribution >= 4 is 40.6 Å². The first kappa shape index (κ1) is 23.1. The number of amides is 1. The van der Waals surface area contributed by atoms with Crippen LogP contribution < -0.4 is 4.74 Å². The minimum atomic E-state index is -0.423. The van der Waals surface area contributed by atoms with E-state index in [-0.39, 0.29) is 11.7 Å². The zero-order valence-corrected chi connectivity index (χ0v) is 18.9. The van der Waals surface area contributed by atoms with Crippen molar-refractivity contribution < 1.29 is 24.2 Å². The van der Waals surface area contributed by atoms with Crippen LogP contribution in [0.5, 0.6) is 11.5 Å². The number of phenolic OH excluding ortho intramolecular Hbond substituents is 1. The van der Waals surface area contributed by atoms with E-state index in [4.69, 9.17) is 9.47 Å². The van der Waals surface area contributed by atoms with Crippen LogP contribution in [0.2, 0.25) is 0 Å². The number of ether oxygens (including phenoxy) is 2. The fourth-order valence-corrected chi connectivity index (χ4v) is 4.04. The molecular formula is C24H24N2O5S. The Kier molecular flexibility index (Phi) is 7.37. The van der Waals surface area contributed by atoms with Gasteiger partial charge in [0.2, 0.25) is 0 Å². The molecule has 0 radical (unpaired) electrons. The van der Waals surface area contributed by atoms with Gasteiger partial charge in [0.25, 0.3) is 5.91 Å². The van der Waals surface area contributed by atoms with E-state index in [1.165, 1.54) is 23.8 Å². The molecule has 0 aliphatic carbocycles. The summed E-state index contributed by atoms with van der Waals surface area (Å²) in [4.78, 5) is 30.9. The summed E-state index contributed by atoms with van der Waals surface area (Å²) in [5.74, 6) is -0.166. The average Bonchev–Trinajstić information content (AvgIpc) is 3.04. The molecule has 1 heterocycles. The highest BCUT2D eigenvalue weighted by molar-refractivity contribution is 8.18. The van der Waals surface area contributed by atoms with Crippen LogP contribution >= 0.6 is 11.8 Å². The number of benzene rings is 2. The molecule has 1 aliphatic heterocycles. The molecule has 32 heavy (non-hydrogen) atoms. The number of esters is 1. The molecule has 7 nitrogen and oxygen atoms in total. The number of hydrogen-bond donors (Lipinski definition) is 1. The van der Waals surface area contributed by atoms with Crippen molar-refractivity contribution in [3.63, 3.8) is 0 Å². The van der Waals surface area contributed by atoms with E-state index >= 15 is 0 Å². The Morgan fingerprint density at radius 1 is 1.28 bits per heavy atom. The Morgan fingerprint density at radius 3 is 2.62 bits per heavy atom. The molecule has 2 aromatic rings. The lowest BCUT2D eigenvalue weighted by molar-refractivity contribution is -0.121. The molecule has 0 aromatic heterocycles. The molecule has 1 amide bonds. The zero-order chi connectivity index (χ0) is 23.3. The summed E-state index contributed by atoms with van der Waals surface area (Å²) < 4.78 is 10.2. The number of carbonyl (C=O) groups is 2. The first-order valence-electron chi connectivity index (χ1n) is 9.92. The molecule has 0 spiro atoms. The third-order valence-corrected chi connectivity index (χ3v) is 5.71. The van der Waals surface area contributed by atoms with Gasteiger partial charge in [-0.3, -0.25) is 9.69 Å². The maximum Gasteiger partial charge on any atom is 0.337 e. The van der Waals surface area contributed by atoms with E-state index in [9.17, 15) is 14.7 Å². The Hall–Kier alpha value is -3.52. The second-order valence-electron chi connectivity index (χ2n) is 6.86. The van der Waals surface area contributed by atoms with Crippen molar-refractivity contribution in [2.45, 2.75) is 13.3 Å². The quantitative estimate of drug-likeness (QED) is 0.377. The number of aromatic hydroxyl groups is 1. The molecule has 1 fully saturated rings. The van der Waals surface area contributed by atoms with Gasteiger partial charge in [0.15, 0.2) is 16.7 Å². The third kappa shape index (κ3) is 5.03. The van der Waals surface area contributed by atoms with E-state index in [0.717, 1.165) is 5.56 Å². The Labute approximate surface area is 191 Å². The number of aliphatic imine (C=N–C) groups is 1. The number of thioether (sulfide) groups is 1. The van der Waals surface area contributed by atoms with Crippen LogP contribution in [0.25, 0.3) is 6.08 Å². The summed E-state index contributed by atoms with van der Waals surface area (Å²) in [5, 5.41) is 10.9. The number of phenols is 1. The Morgan fingerprint density at radius 2 is 2.00 bits per heavy atom. The van der Waals surface area contributed by atoms with Gasteiger partial charge in [-0.25, -0.2) is 9.79 Å². The first-order valence-corrected chi connectivity index (χ1v) is 10.7. The second-order valence-corrected chi connectivity index (χ2v) is 7.87. The highest BCUT2D eigenvalue weighted by Gasteiger charge is 2.30. The lowest BCUT2D eigenvalue weighted by Crippen LogP contribution is -2.23. The smallest absolute Gasteiger partial charge is 0.337 e. The molecule has 166 valence electrons. The van der Waals surface area contributed by atoms with Crippen LogP contribution in [-0.2, 0) is 16.0 Å². The van der Waals surface area contributed by atoms with Gasteiger partial charge in [0.05, 0.1) is 29.9 Å². The predicted molar refractivity (Wildman–Crippen MR) is 126 cm³/mol. The van der Waals surface area contributed by atoms with Crippen LogP contribution in [-0.4, -0.2) is 47.8 Å². The molecule has 0 unspecified atom stereocenters. The van der Waals surface area contributed by atoms with Gasteiger partial charge in [-0.15, -0.1) is 6.58 Å². The molecule has 1 aliphatic rings. The van der Waals surface area contributed by atoms with Crippen LogP contribution in [0.1, 0.15) is 28.4 Å². The number of allylic oxidation sites excluding steroid dienone is 1. The second kappa shape index (κ2) is 10.2. The maximum absolute atomic E-state index is 12.8. The number of amidine groups is 1. The standard InChI is InChI=1S/C24H24N2O5S/c1-5-7-17-12-15(13-19(21(17)27)31-6-2)14-20-22(28)26(3)24(32-20)25-18-10-8-16(9-11-18)23(29)30-4/h5,8-14,27H,1,6-7H2,2-4H3. The molecule has 2 aromatic carbocycles. The first-order chi connectivity index (χ1) is 15.4. The predicted octanol–water partition coefficient (Wildman–Crippen LogP) is 4.54. The average molecular weight is 453 g/mol. The normalized spacial score (nSPS) is 16.0. The molecular weight excluding hydrogens is 428 g/mol. The van der Waals surface area contributed by atoms with Crippen LogP contribution in [0, 0.1) is 0 Å². The van der Waals surface area contributed by atoms with Crippen molar-refractivity contribution in [2.24, 2.45) is 4.99 Å². The van der Waals surface area contributed by atoms with Gasteiger partial charge in [-0.1, -0.05) is 6.08 Å². The number of methoxy groups -OCH3 is 1. The minimum absolute atomic E-state index is 0.0778. The summed E-state index contributed by atoms with van der Waals surface area (Å²) in [5.41, 5.74) is 2.43. The highest BCUT2D eigenvalue weighted by Crippen LogP contribution is 2.37. The lowest BCUT2D eigenvalue weighted by Gasteiger charge is -2.11. The number of likely N-dealkylation sites (N-methyl/N-ethyl adjacent to an activating group) is 1. The van der Waals surface area contributed by atoms with Gasteiger partial charge >= 0.3 is 5.97 Å². The largest absolute Gasteiger partial charge is 0.504 e. The fraction of sp³-hybridized carbons (Fsp3) is 0.208.